The van der Waals surface area contributed by atoms with E-state index in [0.29, 0.717) is 13.0 Å². The number of guanidine groups is 1. The van der Waals surface area contributed by atoms with Crippen LogP contribution in [0, 0.1) is 6.92 Å². The molecule has 6 nitrogen and oxygen atoms in total. The van der Waals surface area contributed by atoms with Crippen molar-refractivity contribution >= 4 is 41.5 Å². The van der Waals surface area contributed by atoms with E-state index in [2.05, 4.69) is 21.7 Å². The van der Waals surface area contributed by atoms with Crippen molar-refractivity contribution in [2.45, 2.75) is 46.1 Å². The van der Waals surface area contributed by atoms with Gasteiger partial charge >= 0.3 is 0 Å². The maximum Gasteiger partial charge on any atom is 0.227 e. The monoisotopic (exact) mass is 510 g/mol. The van der Waals surface area contributed by atoms with Crippen LogP contribution in [-0.2, 0) is 11.2 Å². The fraction of sp³-hybridized carbons (Fsp3) is 0.455. The van der Waals surface area contributed by atoms with Gasteiger partial charge in [0.25, 0.3) is 0 Å². The van der Waals surface area contributed by atoms with Gasteiger partial charge in [0.1, 0.15) is 11.5 Å². The van der Waals surface area contributed by atoms with E-state index in [4.69, 9.17) is 4.42 Å². The number of rotatable bonds is 7. The van der Waals surface area contributed by atoms with Crippen LogP contribution in [0.15, 0.2) is 45.8 Å². The number of hydrogen-bond acceptors (Lipinski definition) is 3. The van der Waals surface area contributed by atoms with Crippen LogP contribution in [0.5, 0.6) is 0 Å². The van der Waals surface area contributed by atoms with Crippen molar-refractivity contribution in [2.24, 2.45) is 4.99 Å². The SMILES string of the molecule is CCNC(=NCCCC(=O)N1CCc2ccccc21)NC(C)c1ccc(C)o1.I. The summed E-state index contributed by atoms with van der Waals surface area (Å²) in [7, 11) is 0. The van der Waals surface area contributed by atoms with Crippen molar-refractivity contribution in [3.63, 3.8) is 0 Å². The third kappa shape index (κ3) is 6.22. The van der Waals surface area contributed by atoms with Gasteiger partial charge in [0.15, 0.2) is 5.96 Å². The normalized spacial score (nSPS) is 14.2. The number of anilines is 1. The van der Waals surface area contributed by atoms with Crippen molar-refractivity contribution in [3.05, 3.63) is 53.5 Å². The summed E-state index contributed by atoms with van der Waals surface area (Å²) in [6.07, 6.45) is 2.17. The number of carbonyl (C=O) groups is 1. The largest absolute Gasteiger partial charge is 0.464 e. The van der Waals surface area contributed by atoms with Crippen LogP contribution < -0.4 is 15.5 Å². The fourth-order valence-corrected chi connectivity index (χ4v) is 3.44. The quantitative estimate of drug-likeness (QED) is 0.254. The van der Waals surface area contributed by atoms with Crippen LogP contribution in [0.25, 0.3) is 0 Å². The van der Waals surface area contributed by atoms with Gasteiger partial charge in [-0.25, -0.2) is 0 Å². The van der Waals surface area contributed by atoms with Crippen LogP contribution in [-0.4, -0.2) is 31.5 Å². The van der Waals surface area contributed by atoms with Crippen molar-refractivity contribution in [1.82, 2.24) is 10.6 Å². The Hall–Kier alpha value is -2.03. The molecule has 0 saturated carbocycles. The summed E-state index contributed by atoms with van der Waals surface area (Å²) >= 11 is 0. The second-order valence-electron chi connectivity index (χ2n) is 7.10. The molecule has 2 N–H and O–H groups in total. The van der Waals surface area contributed by atoms with Crippen molar-refractivity contribution in [3.8, 4) is 0 Å². The highest BCUT2D eigenvalue weighted by Gasteiger charge is 2.23. The Morgan fingerprint density at radius 3 is 2.79 bits per heavy atom. The molecule has 0 fully saturated rings. The molecule has 1 aliphatic rings. The third-order valence-corrected chi connectivity index (χ3v) is 4.89. The molecule has 7 heteroatoms. The Morgan fingerprint density at radius 2 is 2.07 bits per heavy atom. The number of hydrogen-bond donors (Lipinski definition) is 2. The van der Waals surface area contributed by atoms with Gasteiger partial charge in [-0.2, -0.15) is 0 Å². The second kappa shape index (κ2) is 11.2. The molecule has 1 unspecified atom stereocenters. The molecular formula is C22H31IN4O2. The zero-order chi connectivity index (χ0) is 19.9. The summed E-state index contributed by atoms with van der Waals surface area (Å²) in [5, 5.41) is 6.60. The van der Waals surface area contributed by atoms with Crippen LogP contribution in [0.2, 0.25) is 0 Å². The summed E-state index contributed by atoms with van der Waals surface area (Å²) < 4.78 is 5.67. The summed E-state index contributed by atoms with van der Waals surface area (Å²) in [6.45, 7) is 8.17. The number of fused-ring (bicyclic) bond motifs is 1. The van der Waals surface area contributed by atoms with Crippen LogP contribution >= 0.6 is 24.0 Å². The number of aryl methyl sites for hydroxylation is 1. The molecule has 0 radical (unpaired) electrons. The summed E-state index contributed by atoms with van der Waals surface area (Å²) in [4.78, 5) is 19.1. The van der Waals surface area contributed by atoms with E-state index in [1.165, 1.54) is 5.56 Å². The van der Waals surface area contributed by atoms with Gasteiger partial charge in [-0.1, -0.05) is 18.2 Å². The molecule has 0 spiro atoms. The van der Waals surface area contributed by atoms with E-state index >= 15 is 0 Å². The van der Waals surface area contributed by atoms with E-state index < -0.39 is 0 Å². The number of benzene rings is 1. The number of aliphatic imine (C=N–C) groups is 1. The standard InChI is InChI=1S/C22H30N4O2.HI/c1-4-23-22(25-17(3)20-12-11-16(2)28-20)24-14-7-10-21(27)26-15-13-18-8-5-6-9-19(18)26;/h5-6,8-9,11-12,17H,4,7,10,13-15H2,1-3H3,(H2,23,24,25);1H. The number of furan rings is 1. The topological polar surface area (TPSA) is 69.9 Å². The molecule has 0 saturated heterocycles. The smallest absolute Gasteiger partial charge is 0.227 e. The maximum absolute atomic E-state index is 12.6. The zero-order valence-corrected chi connectivity index (χ0v) is 19.7. The van der Waals surface area contributed by atoms with Crippen molar-refractivity contribution in [2.75, 3.05) is 24.5 Å². The molecule has 158 valence electrons. The van der Waals surface area contributed by atoms with Crippen LogP contribution in [0.1, 0.15) is 49.8 Å². The van der Waals surface area contributed by atoms with E-state index in [0.717, 1.165) is 49.1 Å². The van der Waals surface area contributed by atoms with Gasteiger partial charge in [-0.3, -0.25) is 9.79 Å². The third-order valence-electron chi connectivity index (χ3n) is 4.89. The number of halogens is 1. The Labute approximate surface area is 190 Å². The van der Waals surface area contributed by atoms with E-state index in [-0.39, 0.29) is 35.9 Å². The number of para-hydroxylation sites is 1. The van der Waals surface area contributed by atoms with E-state index in [1.54, 1.807) is 0 Å². The predicted molar refractivity (Wildman–Crippen MR) is 128 cm³/mol. The minimum Gasteiger partial charge on any atom is -0.464 e. The Kier molecular flexibility index (Phi) is 9.00. The molecule has 3 rings (SSSR count). The number of carbonyl (C=O) groups excluding carboxylic acids is 1. The van der Waals surface area contributed by atoms with Gasteiger partial charge < -0.3 is 20.0 Å². The predicted octanol–water partition coefficient (Wildman–Crippen LogP) is 4.19. The zero-order valence-electron chi connectivity index (χ0n) is 17.4. The number of amides is 1. The van der Waals surface area contributed by atoms with Gasteiger partial charge in [0.05, 0.1) is 6.04 Å². The molecule has 0 bridgehead atoms. The van der Waals surface area contributed by atoms with Gasteiger partial charge in [-0.15, -0.1) is 24.0 Å². The average molecular weight is 510 g/mol. The Bertz CT molecular complexity index is 834. The first-order valence-electron chi connectivity index (χ1n) is 10.1. The van der Waals surface area contributed by atoms with Gasteiger partial charge in [0.2, 0.25) is 5.91 Å². The first kappa shape index (κ1) is 23.3. The van der Waals surface area contributed by atoms with Gasteiger partial charge in [-0.05, 0) is 57.4 Å². The maximum atomic E-state index is 12.6. The lowest BCUT2D eigenvalue weighted by Gasteiger charge is -2.17. The van der Waals surface area contributed by atoms with Crippen LogP contribution in [0.4, 0.5) is 5.69 Å². The van der Waals surface area contributed by atoms with Gasteiger partial charge in [0, 0.05) is 31.7 Å². The lowest BCUT2D eigenvalue weighted by molar-refractivity contribution is -0.118. The molecule has 1 atom stereocenters. The second-order valence-corrected chi connectivity index (χ2v) is 7.10. The lowest BCUT2D eigenvalue weighted by Crippen LogP contribution is -2.38. The van der Waals surface area contributed by atoms with Crippen molar-refractivity contribution in [1.29, 1.82) is 0 Å². The molecule has 1 aromatic heterocycles. The molecule has 2 heterocycles. The molecular weight excluding hydrogens is 479 g/mol. The lowest BCUT2D eigenvalue weighted by atomic mass is 10.2. The van der Waals surface area contributed by atoms with Crippen molar-refractivity contribution < 1.29 is 9.21 Å². The number of nitrogens with zero attached hydrogens (tertiary/aromatic N) is 2. The highest BCUT2D eigenvalue weighted by molar-refractivity contribution is 14.0. The van der Waals surface area contributed by atoms with Crippen LogP contribution in [0.3, 0.4) is 0 Å². The highest BCUT2D eigenvalue weighted by atomic mass is 127. The number of nitrogens with one attached hydrogen (secondary N) is 2. The molecule has 2 aromatic rings. The molecule has 1 aromatic carbocycles. The molecule has 1 amide bonds. The Balaban J connectivity index is 0.00000300. The molecule has 0 aliphatic carbocycles. The summed E-state index contributed by atoms with van der Waals surface area (Å²) in [5.41, 5.74) is 2.32. The first-order valence-corrected chi connectivity index (χ1v) is 10.1. The minimum absolute atomic E-state index is 0. The highest BCUT2D eigenvalue weighted by Crippen LogP contribution is 2.28. The minimum atomic E-state index is 0. The summed E-state index contributed by atoms with van der Waals surface area (Å²) in [6, 6.07) is 12.1. The summed E-state index contributed by atoms with van der Waals surface area (Å²) in [5.74, 6) is 2.69. The fourth-order valence-electron chi connectivity index (χ4n) is 3.44. The first-order chi connectivity index (χ1) is 13.6. The Morgan fingerprint density at radius 1 is 1.28 bits per heavy atom. The molecule has 1 aliphatic heterocycles. The average Bonchev–Trinajstić information content (AvgIpc) is 3.31. The molecule has 29 heavy (non-hydrogen) atoms. The van der Waals surface area contributed by atoms with E-state index in [9.17, 15) is 4.79 Å². The van der Waals surface area contributed by atoms with E-state index in [1.807, 2.05) is 56.0 Å².